The van der Waals surface area contributed by atoms with E-state index < -0.39 is 0 Å². The molecule has 0 spiro atoms. The third-order valence-corrected chi connectivity index (χ3v) is 3.46. The summed E-state index contributed by atoms with van der Waals surface area (Å²) < 4.78 is 0. The Morgan fingerprint density at radius 1 is 0.913 bits per heavy atom. The third kappa shape index (κ3) is 3.83. The van der Waals surface area contributed by atoms with Gasteiger partial charge in [-0.05, 0) is 37.3 Å². The van der Waals surface area contributed by atoms with Crippen LogP contribution in [0.1, 0.15) is 12.6 Å². The maximum absolute atomic E-state index is 4.61. The van der Waals surface area contributed by atoms with Crippen LogP contribution in [0.2, 0.25) is 0 Å². The van der Waals surface area contributed by atoms with Gasteiger partial charge in [-0.15, -0.1) is 0 Å². The van der Waals surface area contributed by atoms with Gasteiger partial charge < -0.3 is 10.2 Å². The van der Waals surface area contributed by atoms with E-state index >= 15 is 0 Å². The molecule has 0 saturated carbocycles. The minimum Gasteiger partial charge on any atom is -0.349 e. The maximum atomic E-state index is 4.61. The summed E-state index contributed by atoms with van der Waals surface area (Å²) in [4.78, 5) is 15.3. The highest BCUT2D eigenvalue weighted by atomic mass is 15.2. The molecule has 0 radical (unpaired) electrons. The highest BCUT2D eigenvalue weighted by Gasteiger charge is 2.09. The molecule has 0 bridgehead atoms. The number of benzene rings is 1. The molecule has 2 heterocycles. The van der Waals surface area contributed by atoms with Crippen LogP contribution in [0.3, 0.4) is 0 Å². The molecule has 0 aliphatic heterocycles. The Bertz CT molecular complexity index is 731. The summed E-state index contributed by atoms with van der Waals surface area (Å²) in [5.74, 6) is 1.47. The molecule has 5 heteroatoms. The fourth-order valence-corrected chi connectivity index (χ4v) is 2.34. The van der Waals surface area contributed by atoms with Crippen molar-refractivity contribution < 1.29 is 0 Å². The van der Waals surface area contributed by atoms with Crippen LogP contribution in [-0.4, -0.2) is 21.5 Å². The Morgan fingerprint density at radius 2 is 1.74 bits per heavy atom. The van der Waals surface area contributed by atoms with Crippen molar-refractivity contribution in [1.82, 2.24) is 15.0 Å². The van der Waals surface area contributed by atoms with E-state index in [2.05, 4.69) is 44.2 Å². The van der Waals surface area contributed by atoms with Crippen molar-refractivity contribution in [3.63, 3.8) is 0 Å². The van der Waals surface area contributed by atoms with Gasteiger partial charge in [-0.1, -0.05) is 24.3 Å². The van der Waals surface area contributed by atoms with Gasteiger partial charge in [0.2, 0.25) is 5.95 Å². The molecule has 0 saturated heterocycles. The molecule has 0 aliphatic carbocycles. The van der Waals surface area contributed by atoms with E-state index in [9.17, 15) is 0 Å². The first kappa shape index (κ1) is 15.0. The molecular weight excluding hydrogens is 286 g/mol. The minimum absolute atomic E-state index is 0.599. The number of hydrogen-bond acceptors (Lipinski definition) is 5. The minimum atomic E-state index is 0.599. The predicted molar refractivity (Wildman–Crippen MR) is 92.7 cm³/mol. The number of nitrogens with one attached hydrogen (secondary N) is 1. The number of nitrogens with zero attached hydrogens (tertiary/aromatic N) is 4. The monoisotopic (exact) mass is 305 g/mol. The Labute approximate surface area is 136 Å². The summed E-state index contributed by atoms with van der Waals surface area (Å²) in [5.41, 5.74) is 2.07. The van der Waals surface area contributed by atoms with Gasteiger partial charge in [0.1, 0.15) is 5.82 Å². The van der Waals surface area contributed by atoms with E-state index in [1.807, 2.05) is 42.5 Å². The molecule has 2 aromatic heterocycles. The fourth-order valence-electron chi connectivity index (χ4n) is 2.34. The van der Waals surface area contributed by atoms with Crippen LogP contribution in [0.4, 0.5) is 17.5 Å². The summed E-state index contributed by atoms with van der Waals surface area (Å²) in [7, 11) is 0. The van der Waals surface area contributed by atoms with Crippen LogP contribution in [0, 0.1) is 0 Å². The maximum Gasteiger partial charge on any atom is 0.224 e. The van der Waals surface area contributed by atoms with Gasteiger partial charge in [-0.2, -0.15) is 4.98 Å². The second-order valence-electron chi connectivity index (χ2n) is 4.99. The van der Waals surface area contributed by atoms with Crippen molar-refractivity contribution >= 4 is 17.5 Å². The number of pyridine rings is 1. The smallest absolute Gasteiger partial charge is 0.224 e. The SMILES string of the molecule is CCN(c1ccccc1)c1ccnc(NCc2ccccn2)n1. The van der Waals surface area contributed by atoms with E-state index in [-0.39, 0.29) is 0 Å². The quantitative estimate of drug-likeness (QED) is 0.753. The van der Waals surface area contributed by atoms with Crippen LogP contribution >= 0.6 is 0 Å². The molecule has 3 aromatic rings. The molecule has 0 fully saturated rings. The van der Waals surface area contributed by atoms with Crippen LogP contribution in [0.15, 0.2) is 67.0 Å². The van der Waals surface area contributed by atoms with E-state index in [0.717, 1.165) is 23.7 Å². The van der Waals surface area contributed by atoms with Gasteiger partial charge in [0.05, 0.1) is 12.2 Å². The van der Waals surface area contributed by atoms with Gasteiger partial charge >= 0.3 is 0 Å². The lowest BCUT2D eigenvalue weighted by molar-refractivity contribution is 0.957. The second-order valence-corrected chi connectivity index (χ2v) is 4.99. The van der Waals surface area contributed by atoms with Gasteiger partial charge in [-0.25, -0.2) is 4.98 Å². The summed E-state index contributed by atoms with van der Waals surface area (Å²) in [5, 5.41) is 3.22. The van der Waals surface area contributed by atoms with Crippen molar-refractivity contribution in [3.05, 3.63) is 72.7 Å². The lowest BCUT2D eigenvalue weighted by Gasteiger charge is -2.22. The van der Waals surface area contributed by atoms with Crippen LogP contribution in [-0.2, 0) is 6.54 Å². The number of para-hydroxylation sites is 1. The van der Waals surface area contributed by atoms with Crippen molar-refractivity contribution in [1.29, 1.82) is 0 Å². The molecule has 0 aliphatic rings. The van der Waals surface area contributed by atoms with Crippen molar-refractivity contribution in [3.8, 4) is 0 Å². The first-order valence-corrected chi connectivity index (χ1v) is 7.66. The standard InChI is InChI=1S/C18H19N5/c1-2-23(16-9-4-3-5-10-16)17-11-13-20-18(22-17)21-14-15-8-6-7-12-19-15/h3-13H,2,14H2,1H3,(H,20,21,22). The number of anilines is 3. The predicted octanol–water partition coefficient (Wildman–Crippen LogP) is 3.64. The molecule has 0 amide bonds. The molecule has 5 nitrogen and oxygen atoms in total. The number of aromatic nitrogens is 3. The molecule has 1 aromatic carbocycles. The summed E-state index contributed by atoms with van der Waals surface area (Å²) in [6.45, 7) is 3.54. The molecule has 3 rings (SSSR count). The lowest BCUT2D eigenvalue weighted by atomic mass is 10.3. The average molecular weight is 305 g/mol. The zero-order chi connectivity index (χ0) is 15.9. The van der Waals surface area contributed by atoms with Crippen molar-refractivity contribution in [2.75, 3.05) is 16.8 Å². The second kappa shape index (κ2) is 7.35. The third-order valence-electron chi connectivity index (χ3n) is 3.46. The Balaban J connectivity index is 1.76. The Morgan fingerprint density at radius 3 is 2.48 bits per heavy atom. The van der Waals surface area contributed by atoms with E-state index in [1.165, 1.54) is 0 Å². The summed E-state index contributed by atoms with van der Waals surface area (Å²) in [6.07, 6.45) is 3.55. The zero-order valence-corrected chi connectivity index (χ0v) is 13.1. The van der Waals surface area contributed by atoms with Gasteiger partial charge in [0.25, 0.3) is 0 Å². The highest BCUT2D eigenvalue weighted by Crippen LogP contribution is 2.23. The molecule has 23 heavy (non-hydrogen) atoms. The van der Waals surface area contributed by atoms with Crippen LogP contribution in [0.25, 0.3) is 0 Å². The summed E-state index contributed by atoms with van der Waals surface area (Å²) >= 11 is 0. The average Bonchev–Trinajstić information content (AvgIpc) is 2.63. The zero-order valence-electron chi connectivity index (χ0n) is 13.1. The Hall–Kier alpha value is -2.95. The largest absolute Gasteiger partial charge is 0.349 e. The van der Waals surface area contributed by atoms with Gasteiger partial charge in [-0.3, -0.25) is 4.98 Å². The van der Waals surface area contributed by atoms with Gasteiger partial charge in [0, 0.05) is 24.6 Å². The van der Waals surface area contributed by atoms with Crippen LogP contribution in [0.5, 0.6) is 0 Å². The van der Waals surface area contributed by atoms with Crippen molar-refractivity contribution in [2.24, 2.45) is 0 Å². The van der Waals surface area contributed by atoms with E-state index in [0.29, 0.717) is 12.5 Å². The summed E-state index contributed by atoms with van der Waals surface area (Å²) in [6, 6.07) is 18.0. The molecule has 116 valence electrons. The molecule has 0 atom stereocenters. The number of hydrogen-bond donors (Lipinski definition) is 1. The molecular formula is C18H19N5. The normalized spacial score (nSPS) is 10.3. The topological polar surface area (TPSA) is 53.9 Å². The fraction of sp³-hybridized carbons (Fsp3) is 0.167. The number of rotatable bonds is 6. The lowest BCUT2D eigenvalue weighted by Crippen LogP contribution is -2.18. The molecule has 0 unspecified atom stereocenters. The molecule has 1 N–H and O–H groups in total. The first-order valence-electron chi connectivity index (χ1n) is 7.66. The first-order chi connectivity index (χ1) is 11.4. The van der Waals surface area contributed by atoms with Gasteiger partial charge in [0.15, 0.2) is 0 Å². The van der Waals surface area contributed by atoms with E-state index in [4.69, 9.17) is 0 Å². The van der Waals surface area contributed by atoms with E-state index in [1.54, 1.807) is 12.4 Å². The van der Waals surface area contributed by atoms with Crippen LogP contribution < -0.4 is 10.2 Å². The van der Waals surface area contributed by atoms with Crippen molar-refractivity contribution in [2.45, 2.75) is 13.5 Å². The Kier molecular flexibility index (Phi) is 4.79. The highest BCUT2D eigenvalue weighted by molar-refractivity contribution is 5.60.